The Balaban J connectivity index is 2.73. The Kier molecular flexibility index (Phi) is 4.59. The Bertz CT molecular complexity index is 401. The number of hydrogen-bond donors (Lipinski definition) is 1. The lowest BCUT2D eigenvalue weighted by Crippen LogP contribution is -2.10. The van der Waals surface area contributed by atoms with Gasteiger partial charge in [-0.3, -0.25) is 9.78 Å². The summed E-state index contributed by atoms with van der Waals surface area (Å²) >= 11 is 0. The minimum absolute atomic E-state index is 0.179. The number of aliphatic hydroxyl groups excluding tert-OH is 1. The molecule has 0 aliphatic heterocycles. The van der Waals surface area contributed by atoms with Gasteiger partial charge in [0.15, 0.2) is 0 Å². The molecule has 0 aliphatic carbocycles. The first-order chi connectivity index (χ1) is 8.08. The second-order valence-corrected chi connectivity index (χ2v) is 3.26. The second kappa shape index (κ2) is 5.95. The van der Waals surface area contributed by atoms with E-state index in [0.717, 1.165) is 0 Å². The Morgan fingerprint density at radius 1 is 1.35 bits per heavy atom. The summed E-state index contributed by atoms with van der Waals surface area (Å²) in [6, 6.07) is 2.93. The highest BCUT2D eigenvalue weighted by molar-refractivity contribution is 5.88. The van der Waals surface area contributed by atoms with Gasteiger partial charge in [0.1, 0.15) is 6.10 Å². The third kappa shape index (κ3) is 3.53. The number of esters is 2. The molecule has 0 spiro atoms. The van der Waals surface area contributed by atoms with Gasteiger partial charge in [0.05, 0.1) is 31.9 Å². The lowest BCUT2D eigenvalue weighted by molar-refractivity contribution is -0.142. The van der Waals surface area contributed by atoms with Crippen molar-refractivity contribution in [2.45, 2.75) is 12.5 Å². The Morgan fingerprint density at radius 3 is 2.53 bits per heavy atom. The molecule has 0 amide bonds. The topological polar surface area (TPSA) is 85.7 Å². The molecule has 0 saturated carbocycles. The summed E-state index contributed by atoms with van der Waals surface area (Å²) in [4.78, 5) is 25.9. The first-order valence-electron chi connectivity index (χ1n) is 4.87. The van der Waals surface area contributed by atoms with Gasteiger partial charge in [-0.15, -0.1) is 0 Å². The summed E-state index contributed by atoms with van der Waals surface area (Å²) in [6.45, 7) is 0. The largest absolute Gasteiger partial charge is 0.469 e. The first-order valence-corrected chi connectivity index (χ1v) is 4.87. The van der Waals surface area contributed by atoms with Crippen molar-refractivity contribution >= 4 is 11.9 Å². The number of aromatic nitrogens is 1. The van der Waals surface area contributed by atoms with Crippen LogP contribution in [0.5, 0.6) is 0 Å². The van der Waals surface area contributed by atoms with E-state index < -0.39 is 18.0 Å². The molecule has 0 saturated heterocycles. The quantitative estimate of drug-likeness (QED) is 0.768. The van der Waals surface area contributed by atoms with Crippen molar-refractivity contribution in [3.05, 3.63) is 29.6 Å². The highest BCUT2D eigenvalue weighted by atomic mass is 16.5. The van der Waals surface area contributed by atoms with Crippen molar-refractivity contribution in [3.8, 4) is 0 Å². The smallest absolute Gasteiger partial charge is 0.339 e. The SMILES string of the molecule is COC(=O)CC(O)c1ccc(C(=O)OC)cn1. The van der Waals surface area contributed by atoms with Crippen LogP contribution in [0.25, 0.3) is 0 Å². The Hall–Kier alpha value is -1.95. The lowest BCUT2D eigenvalue weighted by atomic mass is 10.1. The van der Waals surface area contributed by atoms with Gasteiger partial charge in [-0.1, -0.05) is 0 Å². The summed E-state index contributed by atoms with van der Waals surface area (Å²) in [5.74, 6) is -1.04. The molecule has 1 N–H and O–H groups in total. The number of carbonyl (C=O) groups excluding carboxylic acids is 2. The van der Waals surface area contributed by atoms with E-state index in [0.29, 0.717) is 5.69 Å². The maximum Gasteiger partial charge on any atom is 0.339 e. The molecule has 1 aromatic rings. The van der Waals surface area contributed by atoms with E-state index in [9.17, 15) is 14.7 Å². The molecule has 1 aromatic heterocycles. The van der Waals surface area contributed by atoms with E-state index in [2.05, 4.69) is 14.5 Å². The molecule has 1 atom stereocenters. The third-order valence-electron chi connectivity index (χ3n) is 2.14. The van der Waals surface area contributed by atoms with Gasteiger partial charge in [-0.2, -0.15) is 0 Å². The predicted molar refractivity (Wildman–Crippen MR) is 57.2 cm³/mol. The van der Waals surface area contributed by atoms with Crippen LogP contribution in [0, 0.1) is 0 Å². The fourth-order valence-electron chi connectivity index (χ4n) is 1.19. The van der Waals surface area contributed by atoms with E-state index in [4.69, 9.17) is 0 Å². The number of pyridine rings is 1. The van der Waals surface area contributed by atoms with E-state index in [1.807, 2.05) is 0 Å². The van der Waals surface area contributed by atoms with Gasteiger partial charge >= 0.3 is 11.9 Å². The van der Waals surface area contributed by atoms with Crippen molar-refractivity contribution in [2.75, 3.05) is 14.2 Å². The molecule has 0 radical (unpaired) electrons. The van der Waals surface area contributed by atoms with Crippen LogP contribution in [0.3, 0.4) is 0 Å². The number of carbonyl (C=O) groups is 2. The van der Waals surface area contributed by atoms with E-state index in [1.54, 1.807) is 0 Å². The molecule has 0 bridgehead atoms. The number of methoxy groups -OCH3 is 2. The molecule has 6 nitrogen and oxygen atoms in total. The zero-order valence-corrected chi connectivity index (χ0v) is 9.54. The standard InChI is InChI=1S/C11H13NO5/c1-16-10(14)5-9(13)8-4-3-7(6-12-8)11(15)17-2/h3-4,6,9,13H,5H2,1-2H3. The minimum Gasteiger partial charge on any atom is -0.469 e. The summed E-state index contributed by atoms with van der Waals surface area (Å²) in [5.41, 5.74) is 0.574. The summed E-state index contributed by atoms with van der Waals surface area (Å²) in [7, 11) is 2.51. The van der Waals surface area contributed by atoms with Crippen LogP contribution < -0.4 is 0 Å². The monoisotopic (exact) mass is 239 g/mol. The van der Waals surface area contributed by atoms with Gasteiger partial charge in [0, 0.05) is 6.20 Å². The van der Waals surface area contributed by atoms with Gasteiger partial charge in [0.2, 0.25) is 0 Å². The highest BCUT2D eigenvalue weighted by Gasteiger charge is 2.15. The fourth-order valence-corrected chi connectivity index (χ4v) is 1.19. The number of rotatable bonds is 4. The summed E-state index contributed by atoms with van der Waals surface area (Å²) in [5, 5.41) is 9.63. The Labute approximate surface area is 98.2 Å². The zero-order valence-electron chi connectivity index (χ0n) is 9.54. The maximum absolute atomic E-state index is 11.1. The first kappa shape index (κ1) is 13.1. The predicted octanol–water partition coefficient (Wildman–Crippen LogP) is 0.465. The van der Waals surface area contributed by atoms with Crippen LogP contribution in [0.15, 0.2) is 18.3 Å². The summed E-state index contributed by atoms with van der Waals surface area (Å²) in [6.07, 6.45) is 0.0529. The molecule has 6 heteroatoms. The van der Waals surface area contributed by atoms with Crippen LogP contribution in [0.4, 0.5) is 0 Å². The lowest BCUT2D eigenvalue weighted by Gasteiger charge is -2.08. The van der Waals surface area contributed by atoms with Gasteiger partial charge < -0.3 is 14.6 Å². The molecule has 1 unspecified atom stereocenters. The van der Waals surface area contributed by atoms with Crippen molar-refractivity contribution in [3.63, 3.8) is 0 Å². The fraction of sp³-hybridized carbons (Fsp3) is 0.364. The molecule has 1 rings (SSSR count). The second-order valence-electron chi connectivity index (χ2n) is 3.26. The Morgan fingerprint density at radius 2 is 2.06 bits per heavy atom. The van der Waals surface area contributed by atoms with Crippen molar-refractivity contribution in [1.82, 2.24) is 4.98 Å². The van der Waals surface area contributed by atoms with Crippen molar-refractivity contribution < 1.29 is 24.2 Å². The van der Waals surface area contributed by atoms with Crippen LogP contribution >= 0.6 is 0 Å². The average Bonchev–Trinajstić information content (AvgIpc) is 2.37. The zero-order chi connectivity index (χ0) is 12.8. The molecule has 0 aliphatic rings. The highest BCUT2D eigenvalue weighted by Crippen LogP contribution is 2.15. The number of ether oxygens (including phenoxy) is 2. The molecular formula is C11H13NO5. The van der Waals surface area contributed by atoms with Crippen LogP contribution in [0.2, 0.25) is 0 Å². The van der Waals surface area contributed by atoms with Crippen LogP contribution in [0.1, 0.15) is 28.6 Å². The molecule has 0 aromatic carbocycles. The van der Waals surface area contributed by atoms with Crippen LogP contribution in [-0.4, -0.2) is 36.2 Å². The minimum atomic E-state index is -1.05. The van der Waals surface area contributed by atoms with E-state index in [-0.39, 0.29) is 12.0 Å². The third-order valence-corrected chi connectivity index (χ3v) is 2.14. The van der Waals surface area contributed by atoms with E-state index in [1.165, 1.54) is 32.5 Å². The molecular weight excluding hydrogens is 226 g/mol. The normalized spacial score (nSPS) is 11.7. The average molecular weight is 239 g/mol. The molecule has 0 fully saturated rings. The van der Waals surface area contributed by atoms with Crippen LogP contribution in [-0.2, 0) is 14.3 Å². The molecule has 92 valence electrons. The summed E-state index contributed by atoms with van der Waals surface area (Å²) < 4.78 is 8.92. The van der Waals surface area contributed by atoms with E-state index >= 15 is 0 Å². The number of nitrogens with zero attached hydrogens (tertiary/aromatic N) is 1. The molecule has 1 heterocycles. The maximum atomic E-state index is 11.1. The van der Waals surface area contributed by atoms with Gasteiger partial charge in [0.25, 0.3) is 0 Å². The van der Waals surface area contributed by atoms with Gasteiger partial charge in [-0.25, -0.2) is 4.79 Å². The van der Waals surface area contributed by atoms with Crippen molar-refractivity contribution in [2.24, 2.45) is 0 Å². The van der Waals surface area contributed by atoms with Gasteiger partial charge in [-0.05, 0) is 12.1 Å². The molecule has 17 heavy (non-hydrogen) atoms. The number of aliphatic hydroxyl groups is 1. The van der Waals surface area contributed by atoms with Crippen molar-refractivity contribution in [1.29, 1.82) is 0 Å². The number of hydrogen-bond acceptors (Lipinski definition) is 6.